The number of hydrogen-bond donors (Lipinski definition) is 2. The molecule has 4 rings (SSSR count). The molecule has 2 N–H and O–H groups in total. The summed E-state index contributed by atoms with van der Waals surface area (Å²) in [6, 6.07) is 3.29. The van der Waals surface area contributed by atoms with Crippen molar-refractivity contribution >= 4 is 52.4 Å². The topological polar surface area (TPSA) is 58.2 Å². The van der Waals surface area contributed by atoms with Gasteiger partial charge in [-0.15, -0.1) is 0 Å². The average Bonchev–Trinajstić information content (AvgIpc) is 3.81. The maximum Gasteiger partial charge on any atom is 0.417 e. The third-order valence-corrected chi connectivity index (χ3v) is 8.15. The molecule has 1 unspecified atom stereocenters. The lowest BCUT2D eigenvalue weighted by Gasteiger charge is -2.20. The molecule has 2 aliphatic rings. The van der Waals surface area contributed by atoms with Gasteiger partial charge in [0.05, 0.1) is 26.2 Å². The summed E-state index contributed by atoms with van der Waals surface area (Å²) in [6.45, 7) is 0.378. The fourth-order valence-electron chi connectivity index (χ4n) is 4.29. The molecule has 2 aromatic rings. The van der Waals surface area contributed by atoms with E-state index < -0.39 is 63.7 Å². The normalized spacial score (nSPS) is 17.7. The Balaban J connectivity index is 1.60. The van der Waals surface area contributed by atoms with Crippen LogP contribution in [0.15, 0.2) is 36.4 Å². The van der Waals surface area contributed by atoms with Crippen molar-refractivity contribution in [1.29, 1.82) is 0 Å². The van der Waals surface area contributed by atoms with Crippen LogP contribution in [-0.4, -0.2) is 30.1 Å². The van der Waals surface area contributed by atoms with Crippen molar-refractivity contribution in [3.05, 3.63) is 73.7 Å². The lowest BCUT2D eigenvalue weighted by Crippen LogP contribution is -2.49. The quantitative estimate of drug-likeness (QED) is 0.212. The molecule has 2 aliphatic carbocycles. The van der Waals surface area contributed by atoms with E-state index in [0.29, 0.717) is 18.5 Å². The number of rotatable bonds is 9. The van der Waals surface area contributed by atoms with E-state index >= 15 is 4.39 Å². The number of benzene rings is 2. The lowest BCUT2D eigenvalue weighted by molar-refractivity contribution is -0.140. The van der Waals surface area contributed by atoms with E-state index in [0.717, 1.165) is 37.5 Å². The van der Waals surface area contributed by atoms with Gasteiger partial charge in [-0.05, 0) is 61.1 Å². The summed E-state index contributed by atoms with van der Waals surface area (Å²) in [7, 11) is 0. The Morgan fingerprint density at radius 1 is 1.00 bits per heavy atom. The number of alkyl halides is 6. The molecule has 2 fully saturated rings. The zero-order valence-electron chi connectivity index (χ0n) is 21.0. The fraction of sp³-hybridized carbons (Fsp3) is 0.407. The van der Waals surface area contributed by atoms with E-state index in [1.807, 2.05) is 0 Å². The Morgan fingerprint density at radius 2 is 1.61 bits per heavy atom. The van der Waals surface area contributed by atoms with Crippen LogP contribution in [0.1, 0.15) is 65.1 Å². The largest absolute Gasteiger partial charge is 0.417 e. The maximum atomic E-state index is 15.1. The highest BCUT2D eigenvalue weighted by molar-refractivity contribution is 6.48. The SMILES string of the molecule is O=C(NC1(C(=O)NCCC2CC2)CC1)c1ccc(/C(F)=C/C(c2cc(Cl)c(Cl)c(Cl)c2)C(F)(F)F)cc1C(F)(F)F. The van der Waals surface area contributed by atoms with E-state index in [9.17, 15) is 35.9 Å². The van der Waals surface area contributed by atoms with Crippen LogP contribution in [0.5, 0.6) is 0 Å². The van der Waals surface area contributed by atoms with Crippen LogP contribution in [0.3, 0.4) is 0 Å². The molecule has 0 bridgehead atoms. The summed E-state index contributed by atoms with van der Waals surface area (Å²) < 4.78 is 98.4. The summed E-state index contributed by atoms with van der Waals surface area (Å²) in [5.74, 6) is -5.47. The van der Waals surface area contributed by atoms with Gasteiger partial charge in [0.1, 0.15) is 17.3 Å². The molecule has 0 spiro atoms. The molecule has 41 heavy (non-hydrogen) atoms. The van der Waals surface area contributed by atoms with Crippen LogP contribution in [0.25, 0.3) is 5.83 Å². The molecule has 0 heterocycles. The third kappa shape index (κ3) is 7.48. The molecular weight excluding hydrogens is 624 g/mol. The number of amides is 2. The minimum atomic E-state index is -5.17. The first-order chi connectivity index (χ1) is 19.0. The predicted molar refractivity (Wildman–Crippen MR) is 141 cm³/mol. The van der Waals surface area contributed by atoms with Gasteiger partial charge in [0, 0.05) is 12.1 Å². The molecule has 4 nitrogen and oxygen atoms in total. The van der Waals surface area contributed by atoms with Crippen LogP contribution in [0.4, 0.5) is 30.7 Å². The van der Waals surface area contributed by atoms with E-state index in [1.165, 1.54) is 0 Å². The Kier molecular flexibility index (Phi) is 8.93. The first kappa shape index (κ1) is 31.4. The van der Waals surface area contributed by atoms with E-state index in [4.69, 9.17) is 34.8 Å². The van der Waals surface area contributed by atoms with Crippen molar-refractivity contribution in [3.63, 3.8) is 0 Å². The van der Waals surface area contributed by atoms with Crippen LogP contribution >= 0.6 is 34.8 Å². The van der Waals surface area contributed by atoms with Gasteiger partial charge in [0.15, 0.2) is 0 Å². The van der Waals surface area contributed by atoms with Crippen LogP contribution in [0, 0.1) is 5.92 Å². The van der Waals surface area contributed by atoms with Gasteiger partial charge in [-0.25, -0.2) is 4.39 Å². The van der Waals surface area contributed by atoms with Gasteiger partial charge in [-0.3, -0.25) is 9.59 Å². The van der Waals surface area contributed by atoms with Gasteiger partial charge in [-0.2, -0.15) is 26.3 Å². The molecule has 2 saturated carbocycles. The number of hydrogen-bond acceptors (Lipinski definition) is 2. The molecule has 0 aromatic heterocycles. The molecule has 2 aromatic carbocycles. The maximum absolute atomic E-state index is 15.1. The number of carbonyl (C=O) groups excluding carboxylic acids is 2. The Labute approximate surface area is 245 Å². The summed E-state index contributed by atoms with van der Waals surface area (Å²) >= 11 is 17.4. The third-order valence-electron chi connectivity index (χ3n) is 6.95. The van der Waals surface area contributed by atoms with Gasteiger partial charge in [0.2, 0.25) is 5.91 Å². The molecule has 0 saturated heterocycles. The van der Waals surface area contributed by atoms with Crippen molar-refractivity contribution < 1.29 is 40.3 Å². The van der Waals surface area contributed by atoms with Gasteiger partial charge in [0.25, 0.3) is 5.91 Å². The van der Waals surface area contributed by atoms with Crippen molar-refractivity contribution in [1.82, 2.24) is 10.6 Å². The minimum Gasteiger partial charge on any atom is -0.354 e. The standard InChI is InChI=1S/C27H22Cl3F7N2O2/c28-19-10-15(11-20(29)22(19)30)17(26(32,33)34)12-21(31)14-3-4-16(18(9-14)27(35,36)37)23(40)39-25(6-7-25)24(41)38-8-5-13-1-2-13/h3-4,9-13,17H,1-2,5-8H2,(H,38,41)(H,39,40)/b21-12-. The molecule has 2 amide bonds. The minimum absolute atomic E-state index is 0.0797. The smallest absolute Gasteiger partial charge is 0.354 e. The summed E-state index contributed by atoms with van der Waals surface area (Å²) in [5, 5.41) is 4.13. The number of nitrogens with one attached hydrogen (secondary N) is 2. The van der Waals surface area contributed by atoms with Gasteiger partial charge >= 0.3 is 12.4 Å². The second-order valence-electron chi connectivity index (χ2n) is 10.1. The number of carbonyl (C=O) groups is 2. The number of halogens is 10. The highest BCUT2D eigenvalue weighted by Gasteiger charge is 2.52. The molecule has 1 atom stereocenters. The van der Waals surface area contributed by atoms with Crippen molar-refractivity contribution in [2.75, 3.05) is 6.54 Å². The van der Waals surface area contributed by atoms with Crippen LogP contribution in [0.2, 0.25) is 15.1 Å². The van der Waals surface area contributed by atoms with E-state index in [1.54, 1.807) is 0 Å². The summed E-state index contributed by atoms with van der Waals surface area (Å²) in [6.07, 6.45) is -6.81. The molecule has 0 radical (unpaired) electrons. The van der Waals surface area contributed by atoms with Crippen LogP contribution < -0.4 is 10.6 Å². The van der Waals surface area contributed by atoms with E-state index in [2.05, 4.69) is 10.6 Å². The van der Waals surface area contributed by atoms with Crippen molar-refractivity contribution in [2.24, 2.45) is 5.92 Å². The molecular formula is C27H22Cl3F7N2O2. The number of allylic oxidation sites excluding steroid dienone is 1. The van der Waals surface area contributed by atoms with Gasteiger partial charge in [-0.1, -0.05) is 53.7 Å². The molecule has 222 valence electrons. The fourth-order valence-corrected chi connectivity index (χ4v) is 4.90. The van der Waals surface area contributed by atoms with Crippen molar-refractivity contribution in [2.45, 2.75) is 55.9 Å². The first-order valence-corrected chi connectivity index (χ1v) is 13.6. The highest BCUT2D eigenvalue weighted by atomic mass is 35.5. The Hall–Kier alpha value is -2.50. The Bertz CT molecular complexity index is 1360. The van der Waals surface area contributed by atoms with Crippen LogP contribution in [-0.2, 0) is 11.0 Å². The predicted octanol–water partition coefficient (Wildman–Crippen LogP) is 8.50. The first-order valence-electron chi connectivity index (χ1n) is 12.4. The molecule has 14 heteroatoms. The van der Waals surface area contributed by atoms with Crippen molar-refractivity contribution in [3.8, 4) is 0 Å². The monoisotopic (exact) mass is 644 g/mol. The summed E-state index contributed by atoms with van der Waals surface area (Å²) in [4.78, 5) is 25.4. The Morgan fingerprint density at radius 3 is 2.12 bits per heavy atom. The van der Waals surface area contributed by atoms with E-state index in [-0.39, 0.29) is 40.1 Å². The second-order valence-corrected chi connectivity index (χ2v) is 11.3. The zero-order valence-corrected chi connectivity index (χ0v) is 23.2. The zero-order chi connectivity index (χ0) is 30.3. The van der Waals surface area contributed by atoms with Gasteiger partial charge < -0.3 is 10.6 Å². The molecule has 0 aliphatic heterocycles. The average molecular weight is 646 g/mol. The highest BCUT2D eigenvalue weighted by Crippen LogP contribution is 2.43. The lowest BCUT2D eigenvalue weighted by atomic mass is 9.95. The second kappa shape index (κ2) is 11.6. The summed E-state index contributed by atoms with van der Waals surface area (Å²) in [5.41, 5.74) is -5.29.